The van der Waals surface area contributed by atoms with Gasteiger partial charge in [-0.25, -0.2) is 4.98 Å². The van der Waals surface area contributed by atoms with Crippen molar-refractivity contribution in [1.82, 2.24) is 9.88 Å². The number of fused-ring (bicyclic) bond motifs is 1. The van der Waals surface area contributed by atoms with Crippen molar-refractivity contribution in [2.75, 3.05) is 6.54 Å². The fraction of sp³-hybridized carbons (Fsp3) is 0.571. The molecule has 3 nitrogen and oxygen atoms in total. The Bertz CT molecular complexity index is 446. The first-order chi connectivity index (χ1) is 8.75. The normalized spacial score (nSPS) is 27.1. The highest BCUT2D eigenvalue weighted by Gasteiger charge is 2.38. The van der Waals surface area contributed by atoms with Crippen LogP contribution < -0.4 is 0 Å². The first kappa shape index (κ1) is 11.6. The third-order valence-corrected chi connectivity index (χ3v) is 4.25. The fourth-order valence-corrected chi connectivity index (χ4v) is 3.33. The summed E-state index contributed by atoms with van der Waals surface area (Å²) in [5, 5.41) is 0. The number of rotatable bonds is 1. The van der Waals surface area contributed by atoms with E-state index in [1.54, 1.807) is 0 Å². The van der Waals surface area contributed by atoms with E-state index >= 15 is 0 Å². The molecule has 2 atom stereocenters. The van der Waals surface area contributed by atoms with Crippen LogP contribution in [0.4, 0.5) is 4.39 Å². The van der Waals surface area contributed by atoms with Crippen molar-refractivity contribution in [3.8, 4) is 0 Å². The molecule has 0 spiro atoms. The van der Waals surface area contributed by atoms with Crippen LogP contribution >= 0.6 is 0 Å². The van der Waals surface area contributed by atoms with Crippen LogP contribution in [0.2, 0.25) is 0 Å². The van der Waals surface area contributed by atoms with Crippen molar-refractivity contribution < 1.29 is 9.18 Å². The Balaban J connectivity index is 1.78. The van der Waals surface area contributed by atoms with Gasteiger partial charge in [0.25, 0.3) is 5.91 Å². The number of likely N-dealkylation sites (tertiary alicyclic amines) is 1. The van der Waals surface area contributed by atoms with Gasteiger partial charge in [-0.2, -0.15) is 4.39 Å². The molecule has 0 aromatic carbocycles. The quantitative estimate of drug-likeness (QED) is 0.716. The summed E-state index contributed by atoms with van der Waals surface area (Å²) < 4.78 is 12.8. The molecule has 3 rings (SSSR count). The molecule has 2 fully saturated rings. The molecule has 18 heavy (non-hydrogen) atoms. The molecule has 1 amide bonds. The first-order valence-corrected chi connectivity index (χ1v) is 6.68. The summed E-state index contributed by atoms with van der Waals surface area (Å²) in [4.78, 5) is 17.9. The highest BCUT2D eigenvalue weighted by Crippen LogP contribution is 2.36. The van der Waals surface area contributed by atoms with Crippen LogP contribution in [0.5, 0.6) is 0 Å². The average Bonchev–Trinajstić information content (AvgIpc) is 2.82. The third-order valence-electron chi connectivity index (χ3n) is 4.25. The predicted molar refractivity (Wildman–Crippen MR) is 65.6 cm³/mol. The number of amides is 1. The van der Waals surface area contributed by atoms with Gasteiger partial charge in [-0.3, -0.25) is 4.79 Å². The lowest BCUT2D eigenvalue weighted by Gasteiger charge is -2.31. The minimum atomic E-state index is -0.538. The third kappa shape index (κ3) is 2.00. The van der Waals surface area contributed by atoms with Crippen molar-refractivity contribution >= 4 is 5.91 Å². The van der Waals surface area contributed by atoms with Gasteiger partial charge in [-0.05, 0) is 37.3 Å². The number of carbonyl (C=O) groups excluding carboxylic acids is 1. The molecule has 96 valence electrons. The summed E-state index contributed by atoms with van der Waals surface area (Å²) in [6, 6.07) is 3.18. The van der Waals surface area contributed by atoms with Crippen LogP contribution in [-0.4, -0.2) is 28.4 Å². The molecule has 0 radical (unpaired) electrons. The first-order valence-electron chi connectivity index (χ1n) is 6.68. The van der Waals surface area contributed by atoms with Gasteiger partial charge < -0.3 is 4.90 Å². The minimum absolute atomic E-state index is 0.0110. The monoisotopic (exact) mass is 248 g/mol. The van der Waals surface area contributed by atoms with Gasteiger partial charge in [0.2, 0.25) is 5.95 Å². The Hall–Kier alpha value is -1.45. The van der Waals surface area contributed by atoms with Crippen LogP contribution in [0.3, 0.4) is 0 Å². The van der Waals surface area contributed by atoms with Crippen molar-refractivity contribution in [3.05, 3.63) is 29.8 Å². The Kier molecular flexibility index (Phi) is 3.02. The second kappa shape index (κ2) is 4.67. The second-order valence-corrected chi connectivity index (χ2v) is 5.27. The largest absolute Gasteiger partial charge is 0.335 e. The molecule has 2 unspecified atom stereocenters. The zero-order valence-electron chi connectivity index (χ0n) is 10.3. The summed E-state index contributed by atoms with van der Waals surface area (Å²) in [5.41, 5.74) is 0.502. The van der Waals surface area contributed by atoms with Gasteiger partial charge in [0.1, 0.15) is 0 Å². The summed E-state index contributed by atoms with van der Waals surface area (Å²) >= 11 is 0. The molecule has 2 heterocycles. The molecule has 0 N–H and O–H groups in total. The zero-order valence-corrected chi connectivity index (χ0v) is 10.3. The number of carbonyl (C=O) groups is 1. The zero-order chi connectivity index (χ0) is 12.5. The van der Waals surface area contributed by atoms with Gasteiger partial charge in [0.15, 0.2) is 0 Å². The maximum Gasteiger partial charge on any atom is 0.255 e. The summed E-state index contributed by atoms with van der Waals surface area (Å²) in [6.45, 7) is 0.839. The van der Waals surface area contributed by atoms with Crippen LogP contribution in [0.25, 0.3) is 0 Å². The van der Waals surface area contributed by atoms with E-state index in [0.717, 1.165) is 19.4 Å². The maximum absolute atomic E-state index is 12.8. The van der Waals surface area contributed by atoms with Gasteiger partial charge in [-0.15, -0.1) is 0 Å². The van der Waals surface area contributed by atoms with Crippen molar-refractivity contribution in [2.24, 2.45) is 5.92 Å². The van der Waals surface area contributed by atoms with E-state index in [2.05, 4.69) is 4.98 Å². The van der Waals surface area contributed by atoms with Gasteiger partial charge in [-0.1, -0.05) is 12.8 Å². The maximum atomic E-state index is 12.8. The molecule has 1 aliphatic carbocycles. The second-order valence-electron chi connectivity index (χ2n) is 5.27. The van der Waals surface area contributed by atoms with Crippen molar-refractivity contribution in [1.29, 1.82) is 0 Å². The fourth-order valence-electron chi connectivity index (χ4n) is 3.33. The molecule has 4 heteroatoms. The van der Waals surface area contributed by atoms with Gasteiger partial charge in [0, 0.05) is 18.8 Å². The molecule has 1 aromatic rings. The number of nitrogens with zero attached hydrogens (tertiary/aromatic N) is 2. The van der Waals surface area contributed by atoms with E-state index in [1.807, 2.05) is 4.90 Å². The van der Waals surface area contributed by atoms with Crippen molar-refractivity contribution in [2.45, 2.75) is 38.1 Å². The summed E-state index contributed by atoms with van der Waals surface area (Å²) in [5.74, 6) is 0.150. The van der Waals surface area contributed by atoms with Crippen molar-refractivity contribution in [3.63, 3.8) is 0 Å². The molecule has 1 aliphatic heterocycles. The van der Waals surface area contributed by atoms with E-state index in [4.69, 9.17) is 0 Å². The number of hydrogen-bond acceptors (Lipinski definition) is 2. The summed E-state index contributed by atoms with van der Waals surface area (Å²) in [7, 11) is 0. The van der Waals surface area contributed by atoms with E-state index < -0.39 is 5.95 Å². The number of aromatic nitrogens is 1. The van der Waals surface area contributed by atoms with E-state index in [1.165, 1.54) is 37.6 Å². The van der Waals surface area contributed by atoms with Crippen LogP contribution in [0.1, 0.15) is 42.5 Å². The topological polar surface area (TPSA) is 33.2 Å². The van der Waals surface area contributed by atoms with Crippen LogP contribution in [0.15, 0.2) is 18.3 Å². The lowest BCUT2D eigenvalue weighted by atomic mass is 9.85. The molecule has 0 bridgehead atoms. The Morgan fingerprint density at radius 1 is 1.28 bits per heavy atom. The van der Waals surface area contributed by atoms with Crippen LogP contribution in [0, 0.1) is 11.9 Å². The smallest absolute Gasteiger partial charge is 0.255 e. The van der Waals surface area contributed by atoms with Crippen LogP contribution in [-0.2, 0) is 0 Å². The van der Waals surface area contributed by atoms with Gasteiger partial charge in [0.05, 0.1) is 5.56 Å². The minimum Gasteiger partial charge on any atom is -0.335 e. The van der Waals surface area contributed by atoms with E-state index in [0.29, 0.717) is 17.5 Å². The highest BCUT2D eigenvalue weighted by molar-refractivity contribution is 5.94. The standard InChI is InChI=1S/C14H17FN2O/c15-13-6-5-11(9-16-13)14(18)17-8-7-10-3-1-2-4-12(10)17/h5-6,9-10,12H,1-4,7-8H2. The average molecular weight is 248 g/mol. The molecule has 2 aliphatic rings. The SMILES string of the molecule is O=C(c1ccc(F)nc1)N1CCC2CCCCC21. The number of hydrogen-bond donors (Lipinski definition) is 0. The lowest BCUT2D eigenvalue weighted by molar-refractivity contribution is 0.0689. The van der Waals surface area contributed by atoms with E-state index in [-0.39, 0.29) is 5.91 Å². The van der Waals surface area contributed by atoms with Gasteiger partial charge >= 0.3 is 0 Å². The molecule has 1 aromatic heterocycles. The highest BCUT2D eigenvalue weighted by atomic mass is 19.1. The summed E-state index contributed by atoms with van der Waals surface area (Å²) in [6.07, 6.45) is 7.33. The Morgan fingerprint density at radius 3 is 2.89 bits per heavy atom. The molecule has 1 saturated carbocycles. The lowest BCUT2D eigenvalue weighted by Crippen LogP contribution is -2.39. The molecular formula is C14H17FN2O. The Labute approximate surface area is 106 Å². The predicted octanol–water partition coefficient (Wildman–Crippen LogP) is 2.63. The number of halogens is 1. The molecular weight excluding hydrogens is 231 g/mol. The molecule has 1 saturated heterocycles. The van der Waals surface area contributed by atoms with E-state index in [9.17, 15) is 9.18 Å². The number of pyridine rings is 1. The Morgan fingerprint density at radius 2 is 2.11 bits per heavy atom.